The zero-order valence-corrected chi connectivity index (χ0v) is 19.6. The van der Waals surface area contributed by atoms with Gasteiger partial charge >= 0.3 is 0 Å². The number of hydrogen-bond donors (Lipinski definition) is 1. The number of halogens is 1. The van der Waals surface area contributed by atoms with Crippen LogP contribution >= 0.6 is 11.6 Å². The highest BCUT2D eigenvalue weighted by Crippen LogP contribution is 2.38. The number of phenols is 1. The van der Waals surface area contributed by atoms with Crippen LogP contribution in [0.2, 0.25) is 0 Å². The van der Waals surface area contributed by atoms with E-state index >= 15 is 0 Å². The molecule has 0 spiro atoms. The van der Waals surface area contributed by atoms with Crippen molar-refractivity contribution in [2.24, 2.45) is 0 Å². The SMILES string of the molecule is CCN(CC)CCOc1ccc(/C(=C(\Cl)c2ccccc2)c2ccc(O)c(OC)c2)cc1. The van der Waals surface area contributed by atoms with Crippen molar-refractivity contribution < 1.29 is 14.6 Å². The molecule has 0 aliphatic carbocycles. The van der Waals surface area contributed by atoms with E-state index in [0.29, 0.717) is 17.4 Å². The second-order valence-electron chi connectivity index (χ2n) is 7.34. The first-order valence-corrected chi connectivity index (χ1v) is 11.2. The lowest BCUT2D eigenvalue weighted by molar-refractivity contribution is 0.223. The highest BCUT2D eigenvalue weighted by Gasteiger charge is 2.15. The molecular formula is C27H30ClNO3. The molecule has 3 aromatic carbocycles. The molecule has 0 saturated heterocycles. The summed E-state index contributed by atoms with van der Waals surface area (Å²) in [5.74, 6) is 1.30. The van der Waals surface area contributed by atoms with Crippen LogP contribution in [0.3, 0.4) is 0 Å². The third-order valence-corrected chi connectivity index (χ3v) is 5.84. The van der Waals surface area contributed by atoms with Gasteiger partial charge in [-0.2, -0.15) is 0 Å². The third-order valence-electron chi connectivity index (χ3n) is 5.43. The average Bonchev–Trinajstić information content (AvgIpc) is 2.84. The maximum atomic E-state index is 10.0. The van der Waals surface area contributed by atoms with E-state index in [4.69, 9.17) is 21.1 Å². The van der Waals surface area contributed by atoms with Gasteiger partial charge in [0.15, 0.2) is 11.5 Å². The van der Waals surface area contributed by atoms with Gasteiger partial charge < -0.3 is 19.5 Å². The van der Waals surface area contributed by atoms with Crippen molar-refractivity contribution in [1.82, 2.24) is 4.90 Å². The largest absolute Gasteiger partial charge is 0.504 e. The quantitative estimate of drug-likeness (QED) is 0.368. The van der Waals surface area contributed by atoms with Gasteiger partial charge in [-0.1, -0.05) is 74.0 Å². The zero-order valence-electron chi connectivity index (χ0n) is 18.8. The Bertz CT molecular complexity index is 1030. The molecule has 0 heterocycles. The van der Waals surface area contributed by atoms with Crippen LogP contribution in [0, 0.1) is 0 Å². The summed E-state index contributed by atoms with van der Waals surface area (Å²) in [5.41, 5.74) is 3.56. The first-order valence-electron chi connectivity index (χ1n) is 10.9. The molecule has 3 rings (SSSR count). The highest BCUT2D eigenvalue weighted by atomic mass is 35.5. The van der Waals surface area contributed by atoms with Crippen molar-refractivity contribution >= 4 is 22.2 Å². The van der Waals surface area contributed by atoms with Gasteiger partial charge in [0.2, 0.25) is 0 Å². The number of rotatable bonds is 10. The maximum Gasteiger partial charge on any atom is 0.161 e. The minimum Gasteiger partial charge on any atom is -0.504 e. The number of nitrogens with zero attached hydrogens (tertiary/aromatic N) is 1. The first-order chi connectivity index (χ1) is 15.6. The Morgan fingerprint density at radius 2 is 1.53 bits per heavy atom. The summed E-state index contributed by atoms with van der Waals surface area (Å²) in [5, 5.41) is 10.7. The van der Waals surface area contributed by atoms with Gasteiger partial charge in [0.25, 0.3) is 0 Å². The Balaban J connectivity index is 1.94. The van der Waals surface area contributed by atoms with Gasteiger partial charge in [-0.05, 0) is 54.0 Å². The van der Waals surface area contributed by atoms with Crippen molar-refractivity contribution in [3.8, 4) is 17.2 Å². The average molecular weight is 452 g/mol. The van der Waals surface area contributed by atoms with Gasteiger partial charge in [0.1, 0.15) is 12.4 Å². The van der Waals surface area contributed by atoms with Crippen LogP contribution in [-0.2, 0) is 0 Å². The lowest BCUT2D eigenvalue weighted by Gasteiger charge is -2.18. The van der Waals surface area contributed by atoms with Crippen LogP contribution in [0.15, 0.2) is 72.8 Å². The number of benzene rings is 3. The number of phenolic OH excluding ortho intramolecular Hbond substituents is 1. The molecule has 1 N–H and O–H groups in total. The van der Waals surface area contributed by atoms with Gasteiger partial charge in [-0.3, -0.25) is 0 Å². The molecule has 168 valence electrons. The molecule has 0 aliphatic heterocycles. The van der Waals surface area contributed by atoms with Crippen LogP contribution in [0.25, 0.3) is 10.6 Å². The topological polar surface area (TPSA) is 41.9 Å². The minimum atomic E-state index is 0.0865. The summed E-state index contributed by atoms with van der Waals surface area (Å²) in [6.07, 6.45) is 0. The maximum absolute atomic E-state index is 10.0. The van der Waals surface area contributed by atoms with Crippen molar-refractivity contribution in [3.05, 3.63) is 89.5 Å². The van der Waals surface area contributed by atoms with Crippen LogP contribution in [0.1, 0.15) is 30.5 Å². The molecule has 0 fully saturated rings. The van der Waals surface area contributed by atoms with Crippen LogP contribution in [-0.4, -0.2) is 43.4 Å². The van der Waals surface area contributed by atoms with Crippen LogP contribution in [0.5, 0.6) is 17.2 Å². The number of likely N-dealkylation sites (N-methyl/N-ethyl adjacent to an activating group) is 1. The molecule has 4 nitrogen and oxygen atoms in total. The number of ether oxygens (including phenoxy) is 2. The van der Waals surface area contributed by atoms with Crippen molar-refractivity contribution in [3.63, 3.8) is 0 Å². The third kappa shape index (κ3) is 5.84. The molecule has 3 aromatic rings. The minimum absolute atomic E-state index is 0.0865. The van der Waals surface area contributed by atoms with E-state index in [0.717, 1.165) is 47.6 Å². The fourth-order valence-corrected chi connectivity index (χ4v) is 3.88. The van der Waals surface area contributed by atoms with Crippen LogP contribution < -0.4 is 9.47 Å². The normalized spacial score (nSPS) is 11.9. The summed E-state index contributed by atoms with van der Waals surface area (Å²) in [6, 6.07) is 23.0. The van der Waals surface area contributed by atoms with Gasteiger partial charge in [-0.25, -0.2) is 0 Å². The number of methoxy groups -OCH3 is 1. The number of aromatic hydroxyl groups is 1. The standard InChI is InChI=1S/C27H30ClNO3/c1-4-29(5-2)17-18-32-23-14-11-20(12-15-23)26(27(28)21-9-7-6-8-10-21)22-13-16-24(30)25(19-22)31-3/h6-16,19,30H,4-5,17-18H2,1-3H3/b27-26+. The summed E-state index contributed by atoms with van der Waals surface area (Å²) < 4.78 is 11.3. The van der Waals surface area contributed by atoms with E-state index in [1.807, 2.05) is 60.7 Å². The van der Waals surface area contributed by atoms with Gasteiger partial charge in [0, 0.05) is 12.1 Å². The Morgan fingerprint density at radius 1 is 0.875 bits per heavy atom. The molecule has 0 radical (unpaired) electrons. The molecule has 0 atom stereocenters. The molecular weight excluding hydrogens is 422 g/mol. The van der Waals surface area contributed by atoms with E-state index in [-0.39, 0.29) is 5.75 Å². The Labute approximate surface area is 195 Å². The van der Waals surface area contributed by atoms with Gasteiger partial charge in [-0.15, -0.1) is 0 Å². The first kappa shape index (κ1) is 23.7. The summed E-state index contributed by atoms with van der Waals surface area (Å²) >= 11 is 6.91. The smallest absolute Gasteiger partial charge is 0.161 e. The van der Waals surface area contributed by atoms with Crippen molar-refractivity contribution in [2.75, 3.05) is 33.4 Å². The highest BCUT2D eigenvalue weighted by molar-refractivity contribution is 6.53. The summed E-state index contributed by atoms with van der Waals surface area (Å²) in [4.78, 5) is 2.33. The fraction of sp³-hybridized carbons (Fsp3) is 0.259. The zero-order chi connectivity index (χ0) is 22.9. The van der Waals surface area contributed by atoms with E-state index in [2.05, 4.69) is 18.7 Å². The second kappa shape index (κ2) is 11.6. The number of hydrogen-bond acceptors (Lipinski definition) is 4. The molecule has 0 bridgehead atoms. The molecule has 32 heavy (non-hydrogen) atoms. The van der Waals surface area contributed by atoms with E-state index in [1.54, 1.807) is 12.1 Å². The van der Waals surface area contributed by atoms with Crippen molar-refractivity contribution in [2.45, 2.75) is 13.8 Å². The molecule has 0 aliphatic rings. The Hall–Kier alpha value is -2.95. The van der Waals surface area contributed by atoms with Crippen LogP contribution in [0.4, 0.5) is 0 Å². The predicted octanol–water partition coefficient (Wildman–Crippen LogP) is 6.28. The van der Waals surface area contributed by atoms with Gasteiger partial charge in [0.05, 0.1) is 12.1 Å². The monoisotopic (exact) mass is 451 g/mol. The summed E-state index contributed by atoms with van der Waals surface area (Å²) in [6.45, 7) is 7.88. The molecule has 0 saturated carbocycles. The molecule has 0 unspecified atom stereocenters. The summed E-state index contributed by atoms with van der Waals surface area (Å²) in [7, 11) is 1.53. The molecule has 0 amide bonds. The van der Waals surface area contributed by atoms with E-state index < -0.39 is 0 Å². The lowest BCUT2D eigenvalue weighted by Crippen LogP contribution is -2.27. The molecule has 5 heteroatoms. The lowest BCUT2D eigenvalue weighted by atomic mass is 9.95. The predicted molar refractivity (Wildman–Crippen MR) is 133 cm³/mol. The molecule has 0 aromatic heterocycles. The Morgan fingerprint density at radius 3 is 2.16 bits per heavy atom. The van der Waals surface area contributed by atoms with E-state index in [1.165, 1.54) is 7.11 Å². The fourth-order valence-electron chi connectivity index (χ4n) is 3.53. The second-order valence-corrected chi connectivity index (χ2v) is 7.72. The Kier molecular flexibility index (Phi) is 8.60. The van der Waals surface area contributed by atoms with Crippen molar-refractivity contribution in [1.29, 1.82) is 0 Å². The van der Waals surface area contributed by atoms with E-state index in [9.17, 15) is 5.11 Å².